The molecule has 0 N–H and O–H groups in total. The number of hydrogen-bond donors (Lipinski definition) is 0. The Bertz CT molecular complexity index is 425. The standard InChI is InChI=1S/C10H8F3NO/c1-14-8-5-7(10(11,12)13)3-2-6(8)4-9(14)15/h2-3,5H,4H2,1H3. The van der Waals surface area contributed by atoms with Crippen LogP contribution in [0, 0.1) is 0 Å². The summed E-state index contributed by atoms with van der Waals surface area (Å²) in [5.74, 6) is -0.177. The number of nitrogens with zero attached hydrogens (tertiary/aromatic N) is 1. The van der Waals surface area contributed by atoms with Crippen molar-refractivity contribution >= 4 is 11.6 Å². The number of alkyl halides is 3. The first-order valence-electron chi connectivity index (χ1n) is 4.36. The topological polar surface area (TPSA) is 20.3 Å². The van der Waals surface area contributed by atoms with Gasteiger partial charge in [-0.1, -0.05) is 6.07 Å². The quantitative estimate of drug-likeness (QED) is 0.649. The molecule has 0 saturated heterocycles. The van der Waals surface area contributed by atoms with Gasteiger partial charge in [-0.05, 0) is 17.7 Å². The lowest BCUT2D eigenvalue weighted by Gasteiger charge is -2.12. The van der Waals surface area contributed by atoms with E-state index in [-0.39, 0.29) is 12.3 Å². The molecule has 1 amide bonds. The predicted molar refractivity (Wildman–Crippen MR) is 48.6 cm³/mol. The second-order valence-corrected chi connectivity index (χ2v) is 3.47. The Hall–Kier alpha value is -1.52. The van der Waals surface area contributed by atoms with Gasteiger partial charge in [0.05, 0.1) is 12.0 Å². The fourth-order valence-corrected chi connectivity index (χ4v) is 1.62. The average Bonchev–Trinajstić information content (AvgIpc) is 2.41. The molecule has 15 heavy (non-hydrogen) atoms. The summed E-state index contributed by atoms with van der Waals surface area (Å²) in [6, 6.07) is 3.38. The number of benzene rings is 1. The van der Waals surface area contributed by atoms with Gasteiger partial charge in [-0.2, -0.15) is 13.2 Å². The van der Waals surface area contributed by atoms with Gasteiger partial charge in [-0.15, -0.1) is 0 Å². The number of halogens is 3. The minimum Gasteiger partial charge on any atom is -0.315 e. The van der Waals surface area contributed by atoms with E-state index in [4.69, 9.17) is 0 Å². The van der Waals surface area contributed by atoms with Gasteiger partial charge in [-0.3, -0.25) is 4.79 Å². The van der Waals surface area contributed by atoms with Crippen LogP contribution in [0.2, 0.25) is 0 Å². The summed E-state index contributed by atoms with van der Waals surface area (Å²) in [7, 11) is 1.48. The van der Waals surface area contributed by atoms with E-state index in [1.54, 1.807) is 0 Å². The number of likely N-dealkylation sites (N-methyl/N-ethyl adjacent to an activating group) is 1. The monoisotopic (exact) mass is 215 g/mol. The summed E-state index contributed by atoms with van der Waals surface area (Å²) in [6.45, 7) is 0. The first-order chi connectivity index (χ1) is 6.89. The third-order valence-electron chi connectivity index (χ3n) is 2.49. The lowest BCUT2D eigenvalue weighted by Crippen LogP contribution is -2.20. The zero-order valence-corrected chi connectivity index (χ0v) is 7.93. The molecule has 0 atom stereocenters. The van der Waals surface area contributed by atoms with Crippen molar-refractivity contribution in [2.75, 3.05) is 11.9 Å². The van der Waals surface area contributed by atoms with E-state index in [1.165, 1.54) is 18.0 Å². The molecule has 5 heteroatoms. The first-order valence-corrected chi connectivity index (χ1v) is 4.36. The number of amides is 1. The molecule has 80 valence electrons. The van der Waals surface area contributed by atoms with Gasteiger partial charge >= 0.3 is 6.18 Å². The summed E-state index contributed by atoms with van der Waals surface area (Å²) in [5.41, 5.74) is 0.285. The molecule has 0 fully saturated rings. The third-order valence-corrected chi connectivity index (χ3v) is 2.49. The van der Waals surface area contributed by atoms with Crippen LogP contribution in [0.4, 0.5) is 18.9 Å². The van der Waals surface area contributed by atoms with Crippen LogP contribution in [0.1, 0.15) is 11.1 Å². The highest BCUT2D eigenvalue weighted by molar-refractivity contribution is 6.00. The molecular weight excluding hydrogens is 207 g/mol. The molecular formula is C10H8F3NO. The van der Waals surface area contributed by atoms with Crippen molar-refractivity contribution in [3.8, 4) is 0 Å². The minimum absolute atomic E-state index is 0.177. The Morgan fingerprint density at radius 3 is 2.60 bits per heavy atom. The van der Waals surface area contributed by atoms with Crippen LogP contribution in [0.25, 0.3) is 0 Å². The molecule has 1 aliphatic heterocycles. The molecule has 0 aliphatic carbocycles. The Kier molecular flexibility index (Phi) is 1.99. The molecule has 1 heterocycles. The number of rotatable bonds is 0. The van der Waals surface area contributed by atoms with Gasteiger partial charge in [0, 0.05) is 12.7 Å². The van der Waals surface area contributed by atoms with Crippen molar-refractivity contribution in [3.05, 3.63) is 29.3 Å². The Morgan fingerprint density at radius 2 is 2.00 bits per heavy atom. The third kappa shape index (κ3) is 1.58. The summed E-state index contributed by atoms with van der Waals surface area (Å²) in [6.07, 6.45) is -4.18. The van der Waals surface area contributed by atoms with Gasteiger partial charge < -0.3 is 4.90 Å². The summed E-state index contributed by atoms with van der Waals surface area (Å²) < 4.78 is 37.1. The number of carbonyl (C=O) groups excluding carboxylic acids is 1. The maximum atomic E-state index is 12.4. The fraction of sp³-hybridized carbons (Fsp3) is 0.300. The highest BCUT2D eigenvalue weighted by Gasteiger charge is 2.33. The van der Waals surface area contributed by atoms with Gasteiger partial charge in [0.25, 0.3) is 0 Å². The summed E-state index contributed by atoms with van der Waals surface area (Å²) in [5, 5.41) is 0. The molecule has 0 spiro atoms. The zero-order valence-electron chi connectivity index (χ0n) is 7.93. The van der Waals surface area contributed by atoms with Gasteiger partial charge in [-0.25, -0.2) is 0 Å². The number of fused-ring (bicyclic) bond motifs is 1. The van der Waals surface area contributed by atoms with E-state index in [0.717, 1.165) is 12.1 Å². The lowest BCUT2D eigenvalue weighted by atomic mass is 10.1. The molecule has 2 rings (SSSR count). The van der Waals surface area contributed by atoms with E-state index in [1.807, 2.05) is 0 Å². The summed E-state index contributed by atoms with van der Waals surface area (Å²) >= 11 is 0. The molecule has 2 nitrogen and oxygen atoms in total. The van der Waals surface area contributed by atoms with Gasteiger partial charge in [0.15, 0.2) is 0 Å². The largest absolute Gasteiger partial charge is 0.416 e. The van der Waals surface area contributed by atoms with Crippen molar-refractivity contribution in [1.82, 2.24) is 0 Å². The van der Waals surface area contributed by atoms with Crippen LogP contribution in [-0.2, 0) is 17.4 Å². The van der Waals surface area contributed by atoms with Crippen molar-refractivity contribution < 1.29 is 18.0 Å². The van der Waals surface area contributed by atoms with Crippen LogP contribution in [0.5, 0.6) is 0 Å². The second-order valence-electron chi connectivity index (χ2n) is 3.47. The highest BCUT2D eigenvalue weighted by Crippen LogP contribution is 2.35. The molecule has 0 radical (unpaired) electrons. The van der Waals surface area contributed by atoms with Crippen LogP contribution < -0.4 is 4.90 Å². The van der Waals surface area contributed by atoms with Crippen LogP contribution >= 0.6 is 0 Å². The van der Waals surface area contributed by atoms with Crippen molar-refractivity contribution in [1.29, 1.82) is 0 Å². The molecule has 0 bridgehead atoms. The van der Waals surface area contributed by atoms with E-state index >= 15 is 0 Å². The molecule has 1 aromatic carbocycles. The van der Waals surface area contributed by atoms with Crippen LogP contribution in [0.3, 0.4) is 0 Å². The Morgan fingerprint density at radius 1 is 1.33 bits per heavy atom. The Labute approximate surface area is 84.3 Å². The lowest BCUT2D eigenvalue weighted by molar-refractivity contribution is -0.137. The highest BCUT2D eigenvalue weighted by atomic mass is 19.4. The van der Waals surface area contributed by atoms with Crippen molar-refractivity contribution in [2.45, 2.75) is 12.6 Å². The van der Waals surface area contributed by atoms with Crippen molar-refractivity contribution in [3.63, 3.8) is 0 Å². The normalized spacial score (nSPS) is 15.7. The van der Waals surface area contributed by atoms with E-state index < -0.39 is 11.7 Å². The molecule has 0 unspecified atom stereocenters. The van der Waals surface area contributed by atoms with E-state index in [2.05, 4.69) is 0 Å². The number of anilines is 1. The predicted octanol–water partition coefficient (Wildman–Crippen LogP) is 2.22. The molecule has 0 saturated carbocycles. The van der Waals surface area contributed by atoms with Gasteiger partial charge in [0.1, 0.15) is 0 Å². The molecule has 0 aromatic heterocycles. The van der Waals surface area contributed by atoms with Gasteiger partial charge in [0.2, 0.25) is 5.91 Å². The van der Waals surface area contributed by atoms with Crippen molar-refractivity contribution in [2.24, 2.45) is 0 Å². The maximum absolute atomic E-state index is 12.4. The smallest absolute Gasteiger partial charge is 0.315 e. The summed E-state index contributed by atoms with van der Waals surface area (Å²) in [4.78, 5) is 12.5. The number of carbonyl (C=O) groups is 1. The average molecular weight is 215 g/mol. The van der Waals surface area contributed by atoms with Crippen LogP contribution in [-0.4, -0.2) is 13.0 Å². The maximum Gasteiger partial charge on any atom is 0.416 e. The minimum atomic E-state index is -4.36. The van der Waals surface area contributed by atoms with E-state index in [9.17, 15) is 18.0 Å². The first kappa shape index (κ1) is 10.0. The zero-order chi connectivity index (χ0) is 11.2. The molecule has 1 aliphatic rings. The Balaban J connectivity index is 2.49. The SMILES string of the molecule is CN1C(=O)Cc2ccc(C(F)(F)F)cc21. The van der Waals surface area contributed by atoms with E-state index in [0.29, 0.717) is 11.3 Å². The fourth-order valence-electron chi connectivity index (χ4n) is 1.62. The number of hydrogen-bond acceptors (Lipinski definition) is 1. The second kappa shape index (κ2) is 2.98. The van der Waals surface area contributed by atoms with Crippen LogP contribution in [0.15, 0.2) is 18.2 Å². The molecule has 1 aromatic rings.